The lowest BCUT2D eigenvalue weighted by Gasteiger charge is -2.37. The molecule has 3 N–H and O–H groups in total. The van der Waals surface area contributed by atoms with Crippen LogP contribution in [0.3, 0.4) is 0 Å². The molecule has 1 saturated carbocycles. The van der Waals surface area contributed by atoms with E-state index in [0.717, 1.165) is 27.2 Å². The van der Waals surface area contributed by atoms with Gasteiger partial charge in [-0.3, -0.25) is 4.90 Å². The summed E-state index contributed by atoms with van der Waals surface area (Å²) >= 11 is 0. The minimum absolute atomic E-state index is 0.0751. The molecule has 1 aliphatic heterocycles. The van der Waals surface area contributed by atoms with Crippen molar-refractivity contribution < 1.29 is 29.6 Å². The van der Waals surface area contributed by atoms with Gasteiger partial charge in [0.05, 0.1) is 12.1 Å². The normalized spacial score (nSPS) is 29.6. The number of nitrogens with zero attached hydrogens (tertiary/aromatic N) is 1. The van der Waals surface area contributed by atoms with Crippen LogP contribution in [0.5, 0.6) is 0 Å². The fourth-order valence-electron chi connectivity index (χ4n) is 5.26. The SMILES string of the molecule is O=C(O)C1C2CC(C(O)C2O)N1C(=O)OCC1c2ccccc2-c2ccccc21. The number of hydrogen-bond donors (Lipinski definition) is 3. The molecule has 2 fully saturated rings. The van der Waals surface area contributed by atoms with E-state index in [-0.39, 0.29) is 18.9 Å². The fourth-order valence-corrected chi connectivity index (χ4v) is 5.26. The van der Waals surface area contributed by atoms with Gasteiger partial charge in [0.25, 0.3) is 0 Å². The molecule has 0 aromatic heterocycles. The molecule has 1 saturated heterocycles. The average Bonchev–Trinajstić information content (AvgIpc) is 3.36. The molecule has 2 aromatic carbocycles. The molecule has 1 amide bonds. The van der Waals surface area contributed by atoms with E-state index in [1.807, 2.05) is 48.5 Å². The molecule has 2 aliphatic carbocycles. The third-order valence-electron chi connectivity index (χ3n) is 6.56. The number of rotatable bonds is 3. The summed E-state index contributed by atoms with van der Waals surface area (Å²) in [7, 11) is 0. The number of amides is 1. The van der Waals surface area contributed by atoms with Crippen LogP contribution in [0.2, 0.25) is 0 Å². The second-order valence-electron chi connectivity index (χ2n) is 7.94. The van der Waals surface area contributed by atoms with Crippen LogP contribution in [0.15, 0.2) is 48.5 Å². The van der Waals surface area contributed by atoms with Crippen molar-refractivity contribution in [2.45, 2.75) is 36.6 Å². The lowest BCUT2D eigenvalue weighted by Crippen LogP contribution is -2.58. The van der Waals surface area contributed by atoms with Gasteiger partial charge in [0.2, 0.25) is 0 Å². The number of aliphatic carboxylic acids is 1. The van der Waals surface area contributed by atoms with Gasteiger partial charge in [0.1, 0.15) is 18.8 Å². The van der Waals surface area contributed by atoms with Crippen LogP contribution < -0.4 is 0 Å². The van der Waals surface area contributed by atoms with Crippen LogP contribution in [0.25, 0.3) is 11.1 Å². The van der Waals surface area contributed by atoms with Crippen LogP contribution in [0.4, 0.5) is 4.79 Å². The number of piperidine rings is 1. The van der Waals surface area contributed by atoms with Crippen molar-refractivity contribution in [3.63, 3.8) is 0 Å². The zero-order valence-corrected chi connectivity index (χ0v) is 15.5. The Bertz CT molecular complexity index is 945. The fraction of sp³-hybridized carbons (Fsp3) is 0.364. The zero-order valence-electron chi connectivity index (χ0n) is 15.5. The van der Waals surface area contributed by atoms with Crippen LogP contribution in [0, 0.1) is 5.92 Å². The molecule has 0 radical (unpaired) electrons. The maximum atomic E-state index is 12.8. The van der Waals surface area contributed by atoms with Gasteiger partial charge >= 0.3 is 12.1 Å². The van der Waals surface area contributed by atoms with Gasteiger partial charge in [-0.05, 0) is 28.7 Å². The van der Waals surface area contributed by atoms with Gasteiger partial charge in [-0.25, -0.2) is 9.59 Å². The van der Waals surface area contributed by atoms with Crippen molar-refractivity contribution in [3.05, 3.63) is 59.7 Å². The predicted octanol–water partition coefficient (Wildman–Crippen LogP) is 1.81. The monoisotopic (exact) mass is 395 g/mol. The maximum Gasteiger partial charge on any atom is 0.410 e. The molecule has 3 aliphatic rings. The molecular formula is C22H21NO6. The molecule has 7 heteroatoms. The van der Waals surface area contributed by atoms with E-state index in [0.29, 0.717) is 0 Å². The lowest BCUT2D eigenvalue weighted by molar-refractivity contribution is -0.150. The number of ether oxygens (including phenoxy) is 1. The predicted molar refractivity (Wildman–Crippen MR) is 102 cm³/mol. The molecule has 150 valence electrons. The number of fused-ring (bicyclic) bond motifs is 5. The minimum atomic E-state index is -1.20. The summed E-state index contributed by atoms with van der Waals surface area (Å²) in [6.45, 7) is 0.0751. The number of aliphatic hydroxyl groups excluding tert-OH is 2. The molecule has 2 bridgehead atoms. The van der Waals surface area contributed by atoms with Gasteiger partial charge in [0.15, 0.2) is 0 Å². The molecule has 5 atom stereocenters. The number of carboxylic acid groups (broad SMARTS) is 1. The van der Waals surface area contributed by atoms with Crippen molar-refractivity contribution in [1.29, 1.82) is 0 Å². The number of carbonyl (C=O) groups excluding carboxylic acids is 1. The highest BCUT2D eigenvalue weighted by atomic mass is 16.6. The number of aliphatic hydroxyl groups is 2. The summed E-state index contributed by atoms with van der Waals surface area (Å²) in [4.78, 5) is 25.6. The topological polar surface area (TPSA) is 107 Å². The highest BCUT2D eigenvalue weighted by Gasteiger charge is 2.61. The van der Waals surface area contributed by atoms with Gasteiger partial charge in [0, 0.05) is 11.8 Å². The first-order chi connectivity index (χ1) is 14.0. The van der Waals surface area contributed by atoms with E-state index in [1.165, 1.54) is 0 Å². The quantitative estimate of drug-likeness (QED) is 0.732. The molecule has 1 heterocycles. The van der Waals surface area contributed by atoms with E-state index >= 15 is 0 Å². The van der Waals surface area contributed by atoms with E-state index in [9.17, 15) is 24.9 Å². The first-order valence-electron chi connectivity index (χ1n) is 9.71. The molecule has 5 rings (SSSR count). The average molecular weight is 395 g/mol. The lowest BCUT2D eigenvalue weighted by atomic mass is 9.95. The highest BCUT2D eigenvalue weighted by molar-refractivity contribution is 5.83. The first-order valence-corrected chi connectivity index (χ1v) is 9.71. The van der Waals surface area contributed by atoms with Gasteiger partial charge in [-0.2, -0.15) is 0 Å². The summed E-state index contributed by atoms with van der Waals surface area (Å²) in [5.74, 6) is -2.02. The Morgan fingerprint density at radius 3 is 2.14 bits per heavy atom. The van der Waals surface area contributed by atoms with Crippen LogP contribution >= 0.6 is 0 Å². The minimum Gasteiger partial charge on any atom is -0.480 e. The van der Waals surface area contributed by atoms with Crippen LogP contribution in [-0.4, -0.2) is 63.2 Å². The number of carbonyl (C=O) groups is 2. The Morgan fingerprint density at radius 2 is 1.55 bits per heavy atom. The highest BCUT2D eigenvalue weighted by Crippen LogP contribution is 2.46. The summed E-state index contributed by atoms with van der Waals surface area (Å²) in [6.07, 6.45) is -2.81. The Morgan fingerprint density at radius 1 is 0.966 bits per heavy atom. The number of hydrogen-bond acceptors (Lipinski definition) is 5. The Labute approximate surface area is 167 Å². The zero-order chi connectivity index (χ0) is 20.3. The Kier molecular flexibility index (Phi) is 4.11. The second-order valence-corrected chi connectivity index (χ2v) is 7.94. The third-order valence-corrected chi connectivity index (χ3v) is 6.56. The van der Waals surface area contributed by atoms with Crippen molar-refractivity contribution in [3.8, 4) is 11.1 Å². The van der Waals surface area contributed by atoms with E-state index < -0.39 is 42.3 Å². The van der Waals surface area contributed by atoms with Crippen molar-refractivity contribution in [1.82, 2.24) is 4.90 Å². The van der Waals surface area contributed by atoms with Gasteiger partial charge in [-0.15, -0.1) is 0 Å². The van der Waals surface area contributed by atoms with Crippen molar-refractivity contribution in [2.24, 2.45) is 5.92 Å². The number of benzene rings is 2. The maximum absolute atomic E-state index is 12.8. The summed E-state index contributed by atoms with van der Waals surface area (Å²) in [6, 6.07) is 14.0. The Hall–Kier alpha value is -2.90. The second kappa shape index (κ2) is 6.57. The smallest absolute Gasteiger partial charge is 0.410 e. The van der Waals surface area contributed by atoms with Gasteiger partial charge < -0.3 is 20.1 Å². The van der Waals surface area contributed by atoms with E-state index in [4.69, 9.17) is 4.74 Å². The summed E-state index contributed by atoms with van der Waals surface area (Å²) in [5.41, 5.74) is 4.34. The molecule has 2 aromatic rings. The van der Waals surface area contributed by atoms with Crippen LogP contribution in [-0.2, 0) is 9.53 Å². The summed E-state index contributed by atoms with van der Waals surface area (Å²) < 4.78 is 5.57. The van der Waals surface area contributed by atoms with Gasteiger partial charge in [-0.1, -0.05) is 48.5 Å². The van der Waals surface area contributed by atoms with E-state index in [2.05, 4.69) is 0 Å². The third kappa shape index (κ3) is 2.58. The number of likely N-dealkylation sites (tertiary alicyclic amines) is 1. The summed E-state index contributed by atoms with van der Waals surface area (Å²) in [5, 5.41) is 29.7. The largest absolute Gasteiger partial charge is 0.480 e. The molecule has 0 spiro atoms. The van der Waals surface area contributed by atoms with E-state index in [1.54, 1.807) is 0 Å². The van der Waals surface area contributed by atoms with Crippen molar-refractivity contribution >= 4 is 12.1 Å². The Balaban J connectivity index is 1.38. The first kappa shape index (κ1) is 18.1. The molecule has 5 unspecified atom stereocenters. The molecule has 29 heavy (non-hydrogen) atoms. The van der Waals surface area contributed by atoms with Crippen molar-refractivity contribution in [2.75, 3.05) is 6.61 Å². The number of carboxylic acids is 1. The molecular weight excluding hydrogens is 374 g/mol. The van der Waals surface area contributed by atoms with Crippen LogP contribution in [0.1, 0.15) is 23.5 Å². The molecule has 7 nitrogen and oxygen atoms in total. The standard InChI is InChI=1S/C22H21NO6/c24-19-15-9-17(20(19)25)23(18(15)21(26)27)22(28)29-10-16-13-7-3-1-5-11(13)12-6-2-4-8-14(12)16/h1-8,15-20,24-25H,9-10H2,(H,26,27).